The van der Waals surface area contributed by atoms with E-state index in [2.05, 4.69) is 5.32 Å². The van der Waals surface area contributed by atoms with E-state index in [1.54, 1.807) is 11.3 Å². The number of amides is 1. The van der Waals surface area contributed by atoms with Gasteiger partial charge in [0.05, 0.1) is 18.6 Å². The molecule has 0 aromatic carbocycles. The molecule has 0 bridgehead atoms. The van der Waals surface area contributed by atoms with Crippen LogP contribution in [0.4, 0.5) is 0 Å². The van der Waals surface area contributed by atoms with Gasteiger partial charge in [-0.2, -0.15) is 0 Å². The van der Waals surface area contributed by atoms with Gasteiger partial charge in [-0.05, 0) is 31.2 Å². The van der Waals surface area contributed by atoms with Crippen LogP contribution in [0.5, 0.6) is 0 Å². The average molecular weight is 239 g/mol. The molecule has 2 rings (SSSR count). The lowest BCUT2D eigenvalue weighted by Gasteiger charge is -2.19. The molecule has 0 spiro atoms. The summed E-state index contributed by atoms with van der Waals surface area (Å²) in [5.41, 5.74) is 0. The van der Waals surface area contributed by atoms with E-state index in [4.69, 9.17) is 4.74 Å². The summed E-state index contributed by atoms with van der Waals surface area (Å²) >= 11 is 1.62. The van der Waals surface area contributed by atoms with Crippen LogP contribution in [0.25, 0.3) is 0 Å². The number of thiophene rings is 1. The molecule has 16 heavy (non-hydrogen) atoms. The molecule has 3 nitrogen and oxygen atoms in total. The largest absolute Gasteiger partial charge is 0.376 e. The molecule has 1 aromatic heterocycles. The SMILES string of the molecule is C[C@@H](NC(=O)Cc1cccs1)[C@H]1CCCO1. The lowest BCUT2D eigenvalue weighted by atomic mass is 10.1. The van der Waals surface area contributed by atoms with Crippen molar-refractivity contribution >= 4 is 17.2 Å². The van der Waals surface area contributed by atoms with Crippen molar-refractivity contribution in [1.29, 1.82) is 0 Å². The Morgan fingerprint density at radius 1 is 1.75 bits per heavy atom. The van der Waals surface area contributed by atoms with Gasteiger partial charge in [-0.15, -0.1) is 11.3 Å². The minimum Gasteiger partial charge on any atom is -0.376 e. The molecule has 0 aliphatic carbocycles. The van der Waals surface area contributed by atoms with Crippen LogP contribution in [0.2, 0.25) is 0 Å². The predicted octanol–water partition coefficient (Wildman–Crippen LogP) is 1.97. The second-order valence-electron chi connectivity index (χ2n) is 4.16. The lowest BCUT2D eigenvalue weighted by molar-refractivity contribution is -0.121. The van der Waals surface area contributed by atoms with Crippen molar-refractivity contribution < 1.29 is 9.53 Å². The Balaban J connectivity index is 1.78. The highest BCUT2D eigenvalue weighted by molar-refractivity contribution is 7.10. The summed E-state index contributed by atoms with van der Waals surface area (Å²) in [5, 5.41) is 5.00. The Hall–Kier alpha value is -0.870. The highest BCUT2D eigenvalue weighted by Gasteiger charge is 2.23. The van der Waals surface area contributed by atoms with Crippen molar-refractivity contribution in [2.45, 2.75) is 38.3 Å². The Bertz CT molecular complexity index is 331. The molecule has 88 valence electrons. The summed E-state index contributed by atoms with van der Waals surface area (Å²) in [4.78, 5) is 12.8. The Morgan fingerprint density at radius 3 is 3.25 bits per heavy atom. The summed E-state index contributed by atoms with van der Waals surface area (Å²) in [5.74, 6) is 0.0884. The first-order valence-corrected chi connectivity index (χ1v) is 6.57. The zero-order chi connectivity index (χ0) is 11.4. The van der Waals surface area contributed by atoms with Crippen molar-refractivity contribution in [3.8, 4) is 0 Å². The highest BCUT2D eigenvalue weighted by atomic mass is 32.1. The van der Waals surface area contributed by atoms with Gasteiger partial charge in [-0.3, -0.25) is 4.79 Å². The molecule has 1 N–H and O–H groups in total. The molecule has 1 aliphatic rings. The maximum absolute atomic E-state index is 11.7. The number of nitrogens with one attached hydrogen (secondary N) is 1. The van der Waals surface area contributed by atoms with E-state index in [-0.39, 0.29) is 18.1 Å². The molecule has 1 aliphatic heterocycles. The number of hydrogen-bond donors (Lipinski definition) is 1. The molecule has 2 heterocycles. The third-order valence-corrected chi connectivity index (χ3v) is 3.70. The molecule has 0 saturated carbocycles. The van der Waals surface area contributed by atoms with Crippen LogP contribution in [0, 0.1) is 0 Å². The fourth-order valence-electron chi connectivity index (χ4n) is 1.97. The molecule has 1 fully saturated rings. The number of rotatable bonds is 4. The fourth-order valence-corrected chi connectivity index (χ4v) is 2.67. The average Bonchev–Trinajstić information content (AvgIpc) is 2.88. The van der Waals surface area contributed by atoms with Gasteiger partial charge in [-0.25, -0.2) is 0 Å². The van der Waals surface area contributed by atoms with E-state index >= 15 is 0 Å². The summed E-state index contributed by atoms with van der Waals surface area (Å²) in [6, 6.07) is 4.08. The minimum absolute atomic E-state index is 0.0884. The Labute approximate surface area is 99.8 Å². The minimum atomic E-state index is 0.0884. The fraction of sp³-hybridized carbons (Fsp3) is 0.583. The molecular weight excluding hydrogens is 222 g/mol. The summed E-state index contributed by atoms with van der Waals surface area (Å²) in [6.07, 6.45) is 2.85. The first kappa shape index (κ1) is 11.6. The Kier molecular flexibility index (Phi) is 3.96. The number of ether oxygens (including phenoxy) is 1. The number of hydrogen-bond acceptors (Lipinski definition) is 3. The predicted molar refractivity (Wildman–Crippen MR) is 64.6 cm³/mol. The second-order valence-corrected chi connectivity index (χ2v) is 5.20. The molecular formula is C12H17NO2S. The van der Waals surface area contributed by atoms with Crippen LogP contribution in [0.15, 0.2) is 17.5 Å². The molecule has 4 heteroatoms. The van der Waals surface area contributed by atoms with E-state index in [1.807, 2.05) is 24.4 Å². The molecule has 1 saturated heterocycles. The van der Waals surface area contributed by atoms with E-state index in [0.29, 0.717) is 6.42 Å². The molecule has 1 amide bonds. The maximum Gasteiger partial charge on any atom is 0.225 e. The van der Waals surface area contributed by atoms with Crippen LogP contribution >= 0.6 is 11.3 Å². The van der Waals surface area contributed by atoms with Gasteiger partial charge in [0.1, 0.15) is 0 Å². The van der Waals surface area contributed by atoms with Gasteiger partial charge >= 0.3 is 0 Å². The zero-order valence-electron chi connectivity index (χ0n) is 9.44. The lowest BCUT2D eigenvalue weighted by Crippen LogP contribution is -2.41. The standard InChI is InChI=1S/C12H17NO2S/c1-9(11-5-2-6-15-11)13-12(14)8-10-4-3-7-16-10/h3-4,7,9,11H,2,5-6,8H2,1H3,(H,13,14)/t9-,11-/m1/s1. The zero-order valence-corrected chi connectivity index (χ0v) is 10.3. The maximum atomic E-state index is 11.7. The highest BCUT2D eigenvalue weighted by Crippen LogP contribution is 2.15. The topological polar surface area (TPSA) is 38.3 Å². The van der Waals surface area contributed by atoms with Crippen molar-refractivity contribution in [2.24, 2.45) is 0 Å². The van der Waals surface area contributed by atoms with Crippen LogP contribution in [-0.4, -0.2) is 24.7 Å². The summed E-state index contributed by atoms with van der Waals surface area (Å²) < 4.78 is 5.54. The first-order chi connectivity index (χ1) is 7.75. The van der Waals surface area contributed by atoms with Crippen molar-refractivity contribution in [1.82, 2.24) is 5.32 Å². The van der Waals surface area contributed by atoms with E-state index in [9.17, 15) is 4.79 Å². The van der Waals surface area contributed by atoms with Gasteiger partial charge < -0.3 is 10.1 Å². The second kappa shape index (κ2) is 5.46. The van der Waals surface area contributed by atoms with E-state index < -0.39 is 0 Å². The van der Waals surface area contributed by atoms with Crippen LogP contribution in [-0.2, 0) is 16.0 Å². The van der Waals surface area contributed by atoms with Gasteiger partial charge in [0.2, 0.25) is 5.91 Å². The molecule has 0 radical (unpaired) electrons. The van der Waals surface area contributed by atoms with Gasteiger partial charge in [0, 0.05) is 11.5 Å². The monoisotopic (exact) mass is 239 g/mol. The Morgan fingerprint density at radius 2 is 2.62 bits per heavy atom. The third-order valence-electron chi connectivity index (χ3n) is 2.83. The van der Waals surface area contributed by atoms with Crippen LogP contribution in [0.1, 0.15) is 24.6 Å². The molecule has 0 unspecified atom stereocenters. The number of carbonyl (C=O) groups is 1. The van der Waals surface area contributed by atoms with Gasteiger partial charge in [0.25, 0.3) is 0 Å². The van der Waals surface area contributed by atoms with E-state index in [0.717, 1.165) is 24.3 Å². The summed E-state index contributed by atoms with van der Waals surface area (Å²) in [6.45, 7) is 2.85. The smallest absolute Gasteiger partial charge is 0.225 e. The third kappa shape index (κ3) is 3.06. The van der Waals surface area contributed by atoms with Gasteiger partial charge in [0.15, 0.2) is 0 Å². The number of carbonyl (C=O) groups excluding carboxylic acids is 1. The van der Waals surface area contributed by atoms with Crippen molar-refractivity contribution in [2.75, 3.05) is 6.61 Å². The van der Waals surface area contributed by atoms with Gasteiger partial charge in [-0.1, -0.05) is 6.07 Å². The molecule has 1 aromatic rings. The quantitative estimate of drug-likeness (QED) is 0.872. The normalized spacial score (nSPS) is 21.9. The van der Waals surface area contributed by atoms with Crippen molar-refractivity contribution in [3.05, 3.63) is 22.4 Å². The van der Waals surface area contributed by atoms with Crippen LogP contribution in [0.3, 0.4) is 0 Å². The van der Waals surface area contributed by atoms with E-state index in [1.165, 1.54) is 0 Å². The molecule has 2 atom stereocenters. The summed E-state index contributed by atoms with van der Waals surface area (Å²) in [7, 11) is 0. The first-order valence-electron chi connectivity index (χ1n) is 5.69. The van der Waals surface area contributed by atoms with Crippen LogP contribution < -0.4 is 5.32 Å². The van der Waals surface area contributed by atoms with Crippen molar-refractivity contribution in [3.63, 3.8) is 0 Å².